The van der Waals surface area contributed by atoms with E-state index in [1.54, 1.807) is 17.0 Å². The molecule has 0 spiro atoms. The molecule has 4 nitrogen and oxygen atoms in total. The molecular weight excluding hydrogens is 295 g/mol. The van der Waals surface area contributed by atoms with E-state index in [9.17, 15) is 14.0 Å². The van der Waals surface area contributed by atoms with Gasteiger partial charge in [0.25, 0.3) is 0 Å². The van der Waals surface area contributed by atoms with Crippen molar-refractivity contribution in [3.8, 4) is 0 Å². The maximum atomic E-state index is 13.0. The number of benzene rings is 1. The molecule has 1 aliphatic heterocycles. The number of anilines is 1. The van der Waals surface area contributed by atoms with Crippen molar-refractivity contribution in [1.82, 2.24) is 5.32 Å². The van der Waals surface area contributed by atoms with E-state index in [1.165, 1.54) is 12.1 Å². The van der Waals surface area contributed by atoms with E-state index in [2.05, 4.69) is 12.2 Å². The molecule has 2 amide bonds. The molecule has 23 heavy (non-hydrogen) atoms. The highest BCUT2D eigenvalue weighted by molar-refractivity contribution is 6.00. The summed E-state index contributed by atoms with van der Waals surface area (Å²) in [6.45, 7) is 2.62. The number of hydrogen-bond donors (Lipinski definition) is 1. The molecule has 1 saturated carbocycles. The summed E-state index contributed by atoms with van der Waals surface area (Å²) in [4.78, 5) is 26.2. The van der Waals surface area contributed by atoms with Gasteiger partial charge in [0, 0.05) is 24.7 Å². The highest BCUT2D eigenvalue weighted by atomic mass is 19.1. The lowest BCUT2D eigenvalue weighted by atomic mass is 9.87. The van der Waals surface area contributed by atoms with Crippen molar-refractivity contribution >= 4 is 17.5 Å². The minimum Gasteiger partial charge on any atom is -0.353 e. The Labute approximate surface area is 136 Å². The Morgan fingerprint density at radius 2 is 1.83 bits per heavy atom. The Morgan fingerprint density at radius 3 is 2.48 bits per heavy atom. The molecule has 5 heteroatoms. The largest absolute Gasteiger partial charge is 0.353 e. The number of carbonyl (C=O) groups is 2. The molecule has 1 aliphatic carbocycles. The van der Waals surface area contributed by atoms with E-state index < -0.39 is 0 Å². The average molecular weight is 318 g/mol. The third-order valence-electron chi connectivity index (χ3n) is 5.00. The normalized spacial score (nSPS) is 28.0. The van der Waals surface area contributed by atoms with Crippen molar-refractivity contribution in [3.05, 3.63) is 30.1 Å². The van der Waals surface area contributed by atoms with Gasteiger partial charge in [-0.15, -0.1) is 0 Å². The lowest BCUT2D eigenvalue weighted by Crippen LogP contribution is -2.41. The van der Waals surface area contributed by atoms with Gasteiger partial charge in [0.15, 0.2) is 0 Å². The monoisotopic (exact) mass is 318 g/mol. The SMILES string of the molecule is CC1CCC(NC(=O)[C@H]2CC(=O)N(c3ccc(F)cc3)C2)CC1. The first-order chi connectivity index (χ1) is 11.0. The van der Waals surface area contributed by atoms with Gasteiger partial charge < -0.3 is 10.2 Å². The van der Waals surface area contributed by atoms with Crippen LogP contribution in [0.15, 0.2) is 24.3 Å². The minimum absolute atomic E-state index is 0.0254. The summed E-state index contributed by atoms with van der Waals surface area (Å²) in [5.74, 6) is -0.00478. The number of nitrogens with zero attached hydrogens (tertiary/aromatic N) is 1. The predicted molar refractivity (Wildman–Crippen MR) is 86.4 cm³/mol. The van der Waals surface area contributed by atoms with Crippen LogP contribution < -0.4 is 10.2 Å². The molecule has 2 aliphatic rings. The van der Waals surface area contributed by atoms with Crippen molar-refractivity contribution in [2.24, 2.45) is 11.8 Å². The fourth-order valence-corrected chi connectivity index (χ4v) is 3.48. The van der Waals surface area contributed by atoms with Gasteiger partial charge in [-0.25, -0.2) is 4.39 Å². The molecule has 1 atom stereocenters. The zero-order valence-corrected chi connectivity index (χ0v) is 13.4. The second kappa shape index (κ2) is 6.69. The van der Waals surface area contributed by atoms with Gasteiger partial charge >= 0.3 is 0 Å². The Hall–Kier alpha value is -1.91. The molecule has 1 aromatic rings. The predicted octanol–water partition coefficient (Wildman–Crippen LogP) is 2.87. The van der Waals surface area contributed by atoms with E-state index in [4.69, 9.17) is 0 Å². The van der Waals surface area contributed by atoms with Gasteiger partial charge in [-0.05, 0) is 55.9 Å². The smallest absolute Gasteiger partial charge is 0.227 e. The van der Waals surface area contributed by atoms with Crippen LogP contribution in [0.4, 0.5) is 10.1 Å². The van der Waals surface area contributed by atoms with Crippen LogP contribution in [-0.4, -0.2) is 24.4 Å². The van der Waals surface area contributed by atoms with Crippen molar-refractivity contribution in [1.29, 1.82) is 0 Å². The van der Waals surface area contributed by atoms with Crippen LogP contribution in [0.2, 0.25) is 0 Å². The summed E-state index contributed by atoms with van der Waals surface area (Å²) in [6.07, 6.45) is 4.57. The molecular formula is C18H23FN2O2. The number of rotatable bonds is 3. The second-order valence-electron chi connectivity index (χ2n) is 6.85. The highest BCUT2D eigenvalue weighted by Crippen LogP contribution is 2.27. The molecule has 0 bridgehead atoms. The maximum absolute atomic E-state index is 13.0. The van der Waals surface area contributed by atoms with E-state index in [0.29, 0.717) is 12.2 Å². The molecule has 0 radical (unpaired) electrons. The van der Waals surface area contributed by atoms with Gasteiger partial charge in [0.2, 0.25) is 11.8 Å². The molecule has 1 aromatic carbocycles. The molecule has 2 fully saturated rings. The van der Waals surface area contributed by atoms with Crippen LogP contribution in [0.5, 0.6) is 0 Å². The lowest BCUT2D eigenvalue weighted by molar-refractivity contribution is -0.127. The minimum atomic E-state index is -0.332. The fourth-order valence-electron chi connectivity index (χ4n) is 3.48. The van der Waals surface area contributed by atoms with Gasteiger partial charge in [-0.1, -0.05) is 6.92 Å². The molecule has 0 aromatic heterocycles. The quantitative estimate of drug-likeness (QED) is 0.931. The van der Waals surface area contributed by atoms with Gasteiger partial charge in [-0.2, -0.15) is 0 Å². The summed E-state index contributed by atoms with van der Waals surface area (Å²) in [6, 6.07) is 6.07. The summed E-state index contributed by atoms with van der Waals surface area (Å²) in [5.41, 5.74) is 0.651. The fraction of sp³-hybridized carbons (Fsp3) is 0.556. The van der Waals surface area contributed by atoms with Crippen LogP contribution in [0, 0.1) is 17.7 Å². The van der Waals surface area contributed by atoms with Gasteiger partial charge in [0.05, 0.1) is 5.92 Å². The number of amides is 2. The van der Waals surface area contributed by atoms with Crippen molar-refractivity contribution < 1.29 is 14.0 Å². The van der Waals surface area contributed by atoms with Gasteiger partial charge in [0.1, 0.15) is 5.82 Å². The number of nitrogens with one attached hydrogen (secondary N) is 1. The molecule has 0 unspecified atom stereocenters. The summed E-state index contributed by atoms with van der Waals surface area (Å²) in [7, 11) is 0. The maximum Gasteiger partial charge on any atom is 0.227 e. The Bertz CT molecular complexity index is 579. The molecule has 1 N–H and O–H groups in total. The molecule has 124 valence electrons. The molecule has 1 heterocycles. The van der Waals surface area contributed by atoms with E-state index in [0.717, 1.165) is 31.6 Å². The summed E-state index contributed by atoms with van der Waals surface area (Å²) >= 11 is 0. The van der Waals surface area contributed by atoms with Crippen LogP contribution in [0.1, 0.15) is 39.0 Å². The van der Waals surface area contributed by atoms with Crippen LogP contribution in [-0.2, 0) is 9.59 Å². The molecule has 3 rings (SSSR count). The Balaban J connectivity index is 1.58. The third-order valence-corrected chi connectivity index (χ3v) is 5.00. The van der Waals surface area contributed by atoms with Crippen LogP contribution in [0.3, 0.4) is 0 Å². The second-order valence-corrected chi connectivity index (χ2v) is 6.85. The van der Waals surface area contributed by atoms with Crippen molar-refractivity contribution in [3.63, 3.8) is 0 Å². The zero-order chi connectivity index (χ0) is 16.4. The number of hydrogen-bond acceptors (Lipinski definition) is 2. The molecule has 1 saturated heterocycles. The zero-order valence-electron chi connectivity index (χ0n) is 13.4. The van der Waals surface area contributed by atoms with E-state index in [1.807, 2.05) is 0 Å². The van der Waals surface area contributed by atoms with Gasteiger partial charge in [-0.3, -0.25) is 9.59 Å². The average Bonchev–Trinajstić information content (AvgIpc) is 2.92. The Kier molecular flexibility index (Phi) is 4.64. The standard InChI is InChI=1S/C18H23FN2O2/c1-12-2-6-15(7-3-12)20-18(23)13-10-17(22)21(11-13)16-8-4-14(19)5-9-16/h4-5,8-9,12-13,15H,2-3,6-7,10-11H2,1H3,(H,20,23)/t12?,13-,15?/m0/s1. The lowest BCUT2D eigenvalue weighted by Gasteiger charge is -2.27. The van der Waals surface area contributed by atoms with E-state index >= 15 is 0 Å². The first kappa shape index (κ1) is 16.0. The summed E-state index contributed by atoms with van der Waals surface area (Å²) in [5, 5.41) is 3.11. The summed E-state index contributed by atoms with van der Waals surface area (Å²) < 4.78 is 13.0. The number of carbonyl (C=O) groups excluding carboxylic acids is 2. The first-order valence-electron chi connectivity index (χ1n) is 8.39. The van der Waals surface area contributed by atoms with Crippen LogP contribution >= 0.6 is 0 Å². The van der Waals surface area contributed by atoms with E-state index in [-0.39, 0.29) is 36.0 Å². The topological polar surface area (TPSA) is 49.4 Å². The van der Waals surface area contributed by atoms with Crippen LogP contribution in [0.25, 0.3) is 0 Å². The highest BCUT2D eigenvalue weighted by Gasteiger charge is 2.36. The first-order valence-corrected chi connectivity index (χ1v) is 8.39. The Morgan fingerprint density at radius 1 is 1.17 bits per heavy atom. The van der Waals surface area contributed by atoms with Crippen molar-refractivity contribution in [2.75, 3.05) is 11.4 Å². The van der Waals surface area contributed by atoms with Crippen molar-refractivity contribution in [2.45, 2.75) is 45.1 Å². The number of halogens is 1. The third kappa shape index (κ3) is 3.71.